The molecule has 0 aliphatic rings. The third-order valence-electron chi connectivity index (χ3n) is 3.31. The second-order valence-corrected chi connectivity index (χ2v) is 6.16. The fraction of sp³-hybridized carbons (Fsp3) is 0.250. The molecule has 0 aliphatic carbocycles. The van der Waals surface area contributed by atoms with Crippen LogP contribution in [-0.2, 0) is 0 Å². The van der Waals surface area contributed by atoms with Crippen LogP contribution in [0.15, 0.2) is 46.9 Å². The summed E-state index contributed by atoms with van der Waals surface area (Å²) in [4.78, 5) is 0. The molecule has 0 aliphatic heterocycles. The van der Waals surface area contributed by atoms with Crippen LogP contribution in [0.2, 0.25) is 5.02 Å². The summed E-state index contributed by atoms with van der Waals surface area (Å²) in [5.41, 5.74) is 2.07. The summed E-state index contributed by atoms with van der Waals surface area (Å²) in [7, 11) is 0. The molecule has 1 unspecified atom stereocenters. The lowest BCUT2D eigenvalue weighted by Crippen LogP contribution is -2.22. The molecular formula is C16H16BrClFN. The Kier molecular flexibility index (Phi) is 5.19. The van der Waals surface area contributed by atoms with Gasteiger partial charge in [0.1, 0.15) is 5.82 Å². The number of hydrogen-bond acceptors (Lipinski definition) is 1. The highest BCUT2D eigenvalue weighted by atomic mass is 79.9. The molecule has 20 heavy (non-hydrogen) atoms. The number of rotatable bonds is 4. The minimum Gasteiger partial charge on any atom is -0.304 e. The molecule has 0 amide bonds. The molecule has 2 aromatic carbocycles. The van der Waals surface area contributed by atoms with E-state index in [1.165, 1.54) is 11.6 Å². The first-order valence-corrected chi connectivity index (χ1v) is 7.61. The van der Waals surface area contributed by atoms with E-state index in [2.05, 4.69) is 40.3 Å². The van der Waals surface area contributed by atoms with Crippen molar-refractivity contribution in [1.29, 1.82) is 0 Å². The van der Waals surface area contributed by atoms with Crippen molar-refractivity contribution in [1.82, 2.24) is 5.32 Å². The Hall–Kier alpha value is -0.900. The minimum absolute atomic E-state index is 0.0420. The molecule has 0 saturated heterocycles. The number of halogens is 3. The number of nitrogens with one attached hydrogen (secondary N) is 1. The van der Waals surface area contributed by atoms with E-state index in [9.17, 15) is 4.39 Å². The van der Waals surface area contributed by atoms with Crippen LogP contribution >= 0.6 is 27.5 Å². The van der Waals surface area contributed by atoms with Gasteiger partial charge >= 0.3 is 0 Å². The van der Waals surface area contributed by atoms with Gasteiger partial charge in [-0.25, -0.2) is 4.39 Å². The quantitative estimate of drug-likeness (QED) is 0.746. The molecule has 0 saturated carbocycles. The second-order valence-electron chi connectivity index (χ2n) is 4.84. The highest BCUT2D eigenvalue weighted by Crippen LogP contribution is 2.23. The van der Waals surface area contributed by atoms with Crippen LogP contribution < -0.4 is 5.32 Å². The average molecular weight is 357 g/mol. The Morgan fingerprint density at radius 1 is 1.00 bits per heavy atom. The van der Waals surface area contributed by atoms with E-state index in [0.29, 0.717) is 0 Å². The molecular weight excluding hydrogens is 341 g/mol. The second kappa shape index (κ2) is 6.70. The van der Waals surface area contributed by atoms with Crippen molar-refractivity contribution in [2.24, 2.45) is 0 Å². The topological polar surface area (TPSA) is 12.0 Å². The molecule has 2 atom stereocenters. The van der Waals surface area contributed by atoms with Gasteiger partial charge in [-0.3, -0.25) is 0 Å². The molecule has 0 bridgehead atoms. The van der Waals surface area contributed by atoms with Crippen molar-refractivity contribution in [2.75, 3.05) is 0 Å². The van der Waals surface area contributed by atoms with Crippen molar-refractivity contribution < 1.29 is 4.39 Å². The molecule has 2 aromatic rings. The summed E-state index contributed by atoms with van der Waals surface area (Å²) in [5.74, 6) is -0.380. The zero-order chi connectivity index (χ0) is 14.7. The molecule has 0 aromatic heterocycles. The fourth-order valence-electron chi connectivity index (χ4n) is 2.10. The maximum atomic E-state index is 13.5. The molecule has 4 heteroatoms. The first-order valence-electron chi connectivity index (χ1n) is 6.44. The normalized spacial score (nSPS) is 14.1. The zero-order valence-corrected chi connectivity index (χ0v) is 13.7. The van der Waals surface area contributed by atoms with E-state index in [1.54, 1.807) is 6.07 Å². The molecule has 2 rings (SSSR count). The van der Waals surface area contributed by atoms with Gasteiger partial charge in [-0.05, 0) is 49.2 Å². The zero-order valence-electron chi connectivity index (χ0n) is 11.3. The largest absolute Gasteiger partial charge is 0.304 e. The van der Waals surface area contributed by atoms with Crippen molar-refractivity contribution in [2.45, 2.75) is 25.9 Å². The first-order chi connectivity index (χ1) is 9.47. The van der Waals surface area contributed by atoms with Gasteiger partial charge in [-0.1, -0.05) is 45.7 Å². The van der Waals surface area contributed by atoms with Gasteiger partial charge in [-0.2, -0.15) is 0 Å². The minimum atomic E-state index is -0.380. The number of hydrogen-bond donors (Lipinski definition) is 1. The molecule has 0 heterocycles. The fourth-order valence-corrected chi connectivity index (χ4v) is 2.48. The Morgan fingerprint density at radius 2 is 1.55 bits per heavy atom. The highest BCUT2D eigenvalue weighted by molar-refractivity contribution is 9.10. The van der Waals surface area contributed by atoms with Gasteiger partial charge < -0.3 is 5.32 Å². The highest BCUT2D eigenvalue weighted by Gasteiger charge is 2.12. The van der Waals surface area contributed by atoms with Crippen LogP contribution in [0, 0.1) is 5.82 Å². The standard InChI is InChI=1S/C16H16BrClFN/c1-10(12-3-6-14(17)7-4-12)20-11(2)13-5-8-15(18)16(19)9-13/h3-11,20H,1-2H3/t10-,11?/m0/s1. The van der Waals surface area contributed by atoms with E-state index in [1.807, 2.05) is 25.1 Å². The Bertz CT molecular complexity index is 586. The lowest BCUT2D eigenvalue weighted by Gasteiger charge is -2.21. The smallest absolute Gasteiger partial charge is 0.142 e. The van der Waals surface area contributed by atoms with E-state index in [0.717, 1.165) is 10.0 Å². The van der Waals surface area contributed by atoms with Crippen LogP contribution in [0.5, 0.6) is 0 Å². The summed E-state index contributed by atoms with van der Waals surface area (Å²) >= 11 is 9.12. The van der Waals surface area contributed by atoms with Crippen molar-refractivity contribution >= 4 is 27.5 Å². The van der Waals surface area contributed by atoms with Crippen molar-refractivity contribution in [3.05, 3.63) is 68.9 Å². The predicted molar refractivity (Wildman–Crippen MR) is 85.5 cm³/mol. The van der Waals surface area contributed by atoms with Gasteiger partial charge in [0.2, 0.25) is 0 Å². The van der Waals surface area contributed by atoms with Gasteiger partial charge in [0.25, 0.3) is 0 Å². The summed E-state index contributed by atoms with van der Waals surface area (Å²) in [6, 6.07) is 13.3. The molecule has 106 valence electrons. The van der Waals surface area contributed by atoms with Crippen LogP contribution in [0.25, 0.3) is 0 Å². The maximum Gasteiger partial charge on any atom is 0.142 e. The SMILES string of the molecule is CC(N[C@@H](C)c1ccc(Br)cc1)c1ccc(Cl)c(F)c1. The molecule has 1 N–H and O–H groups in total. The number of benzene rings is 2. The van der Waals surface area contributed by atoms with Crippen LogP contribution in [0.3, 0.4) is 0 Å². The van der Waals surface area contributed by atoms with Crippen molar-refractivity contribution in [3.8, 4) is 0 Å². The monoisotopic (exact) mass is 355 g/mol. The van der Waals surface area contributed by atoms with E-state index in [4.69, 9.17) is 11.6 Å². The Balaban J connectivity index is 2.08. The van der Waals surface area contributed by atoms with E-state index in [-0.39, 0.29) is 22.9 Å². The lowest BCUT2D eigenvalue weighted by atomic mass is 10.0. The van der Waals surface area contributed by atoms with E-state index < -0.39 is 0 Å². The average Bonchev–Trinajstić information content (AvgIpc) is 2.42. The van der Waals surface area contributed by atoms with Crippen LogP contribution in [-0.4, -0.2) is 0 Å². The third-order valence-corrected chi connectivity index (χ3v) is 4.15. The van der Waals surface area contributed by atoms with Crippen LogP contribution in [0.4, 0.5) is 4.39 Å². The van der Waals surface area contributed by atoms with Crippen LogP contribution in [0.1, 0.15) is 37.1 Å². The molecule has 0 spiro atoms. The maximum absolute atomic E-state index is 13.5. The summed E-state index contributed by atoms with van der Waals surface area (Å²) in [6.07, 6.45) is 0. The molecule has 0 fully saturated rings. The lowest BCUT2D eigenvalue weighted by molar-refractivity contribution is 0.492. The van der Waals surface area contributed by atoms with E-state index >= 15 is 0 Å². The third kappa shape index (κ3) is 3.81. The Morgan fingerprint density at radius 3 is 2.15 bits per heavy atom. The Labute approximate surface area is 132 Å². The predicted octanol–water partition coefficient (Wildman–Crippen LogP) is 5.65. The first kappa shape index (κ1) is 15.5. The van der Waals surface area contributed by atoms with Gasteiger partial charge in [0, 0.05) is 16.6 Å². The molecule has 0 radical (unpaired) electrons. The van der Waals surface area contributed by atoms with Gasteiger partial charge in [0.15, 0.2) is 0 Å². The molecule has 1 nitrogen and oxygen atoms in total. The van der Waals surface area contributed by atoms with Gasteiger partial charge in [-0.15, -0.1) is 0 Å². The summed E-state index contributed by atoms with van der Waals surface area (Å²) < 4.78 is 14.5. The van der Waals surface area contributed by atoms with Crippen molar-refractivity contribution in [3.63, 3.8) is 0 Å². The van der Waals surface area contributed by atoms with Gasteiger partial charge in [0.05, 0.1) is 5.02 Å². The summed E-state index contributed by atoms with van der Waals surface area (Å²) in [6.45, 7) is 4.10. The summed E-state index contributed by atoms with van der Waals surface area (Å²) in [5, 5.41) is 3.61.